The predicted octanol–water partition coefficient (Wildman–Crippen LogP) is -0.306. The molecule has 0 radical (unpaired) electrons. The smallest absolute Gasteiger partial charge is 0.0584 e. The van der Waals surface area contributed by atoms with Crippen molar-refractivity contribution in [2.75, 3.05) is 13.2 Å². The van der Waals surface area contributed by atoms with Gasteiger partial charge >= 0.3 is 0 Å². The van der Waals surface area contributed by atoms with Gasteiger partial charge in [-0.2, -0.15) is 0 Å². The summed E-state index contributed by atoms with van der Waals surface area (Å²) >= 11 is 0. The summed E-state index contributed by atoms with van der Waals surface area (Å²) in [4.78, 5) is 0. The zero-order valence-corrected chi connectivity index (χ0v) is 6.80. The van der Waals surface area contributed by atoms with Crippen LogP contribution in [0.1, 0.15) is 20.3 Å². The van der Waals surface area contributed by atoms with Gasteiger partial charge in [-0.1, -0.05) is 6.92 Å². The first-order valence-corrected chi connectivity index (χ1v) is 3.80. The molecule has 3 nitrogen and oxygen atoms in total. The lowest BCUT2D eigenvalue weighted by molar-refractivity contribution is 0.238. The molecule has 10 heavy (non-hydrogen) atoms. The quantitative estimate of drug-likeness (QED) is 0.499. The largest absolute Gasteiger partial charge is 0.395 e. The standard InChI is InChI=1S/C7H18N2O/c1-3-7(5-10)9-4-6(2)8/h6-7,9-10H,3-5,8H2,1-2H3. The Balaban J connectivity index is 3.26. The van der Waals surface area contributed by atoms with Crippen molar-refractivity contribution in [3.63, 3.8) is 0 Å². The Hall–Kier alpha value is -0.120. The van der Waals surface area contributed by atoms with Gasteiger partial charge in [-0.05, 0) is 13.3 Å². The Morgan fingerprint density at radius 2 is 2.20 bits per heavy atom. The molecule has 0 aromatic rings. The summed E-state index contributed by atoms with van der Waals surface area (Å²) < 4.78 is 0. The Kier molecular flexibility index (Phi) is 5.58. The molecular weight excluding hydrogens is 128 g/mol. The van der Waals surface area contributed by atoms with E-state index in [2.05, 4.69) is 5.32 Å². The van der Waals surface area contributed by atoms with Crippen LogP contribution in [0.2, 0.25) is 0 Å². The lowest BCUT2D eigenvalue weighted by Gasteiger charge is -2.15. The predicted molar refractivity (Wildman–Crippen MR) is 42.8 cm³/mol. The molecule has 2 atom stereocenters. The molecule has 0 aliphatic rings. The van der Waals surface area contributed by atoms with E-state index in [4.69, 9.17) is 10.8 Å². The highest BCUT2D eigenvalue weighted by molar-refractivity contribution is 4.66. The van der Waals surface area contributed by atoms with Crippen molar-refractivity contribution >= 4 is 0 Å². The van der Waals surface area contributed by atoms with Gasteiger partial charge in [-0.25, -0.2) is 0 Å². The average molecular weight is 146 g/mol. The Morgan fingerprint density at radius 3 is 2.50 bits per heavy atom. The van der Waals surface area contributed by atoms with Crippen molar-refractivity contribution in [3.05, 3.63) is 0 Å². The summed E-state index contributed by atoms with van der Waals surface area (Å²) in [5.41, 5.74) is 5.51. The third-order valence-electron chi connectivity index (χ3n) is 1.44. The number of hydrogen-bond donors (Lipinski definition) is 3. The first kappa shape index (κ1) is 9.88. The molecule has 0 saturated heterocycles. The van der Waals surface area contributed by atoms with Gasteiger partial charge in [-0.3, -0.25) is 0 Å². The van der Waals surface area contributed by atoms with Crippen LogP contribution in [0.4, 0.5) is 0 Å². The van der Waals surface area contributed by atoms with Crippen LogP contribution in [0.25, 0.3) is 0 Å². The van der Waals surface area contributed by atoms with Gasteiger partial charge in [0, 0.05) is 18.6 Å². The normalized spacial score (nSPS) is 16.8. The van der Waals surface area contributed by atoms with E-state index < -0.39 is 0 Å². The first-order chi connectivity index (χ1) is 4.70. The number of rotatable bonds is 5. The zero-order chi connectivity index (χ0) is 7.98. The molecule has 0 aliphatic carbocycles. The van der Waals surface area contributed by atoms with Crippen LogP contribution in [0.15, 0.2) is 0 Å². The molecular formula is C7H18N2O. The summed E-state index contributed by atoms with van der Waals surface area (Å²) in [5, 5.41) is 11.9. The van der Waals surface area contributed by atoms with Crippen LogP contribution in [-0.4, -0.2) is 30.3 Å². The second kappa shape index (κ2) is 5.65. The van der Waals surface area contributed by atoms with Crippen LogP contribution >= 0.6 is 0 Å². The summed E-state index contributed by atoms with van der Waals surface area (Å²) in [6.45, 7) is 4.95. The maximum absolute atomic E-state index is 8.74. The lowest BCUT2D eigenvalue weighted by atomic mass is 10.2. The fraction of sp³-hybridized carbons (Fsp3) is 1.00. The number of hydrogen-bond acceptors (Lipinski definition) is 3. The van der Waals surface area contributed by atoms with E-state index in [1.54, 1.807) is 0 Å². The second-order valence-electron chi connectivity index (χ2n) is 2.67. The number of aliphatic hydroxyl groups excluding tert-OH is 1. The Morgan fingerprint density at radius 1 is 1.60 bits per heavy atom. The first-order valence-electron chi connectivity index (χ1n) is 3.80. The van der Waals surface area contributed by atoms with E-state index in [1.165, 1.54) is 0 Å². The van der Waals surface area contributed by atoms with E-state index in [0.717, 1.165) is 13.0 Å². The van der Waals surface area contributed by atoms with Crippen molar-refractivity contribution in [1.29, 1.82) is 0 Å². The molecule has 0 fully saturated rings. The minimum atomic E-state index is 0.167. The fourth-order valence-corrected chi connectivity index (χ4v) is 0.691. The maximum Gasteiger partial charge on any atom is 0.0584 e. The van der Waals surface area contributed by atoms with E-state index in [1.807, 2.05) is 13.8 Å². The van der Waals surface area contributed by atoms with Crippen LogP contribution < -0.4 is 11.1 Å². The Bertz CT molecular complexity index is 72.0. The summed E-state index contributed by atoms with van der Waals surface area (Å²) in [6.07, 6.45) is 0.948. The molecule has 0 aromatic carbocycles. The van der Waals surface area contributed by atoms with Crippen molar-refractivity contribution in [2.24, 2.45) is 5.73 Å². The van der Waals surface area contributed by atoms with Gasteiger partial charge in [-0.15, -0.1) is 0 Å². The molecule has 0 amide bonds. The molecule has 0 saturated carbocycles. The lowest BCUT2D eigenvalue weighted by Crippen LogP contribution is -2.39. The topological polar surface area (TPSA) is 58.3 Å². The minimum Gasteiger partial charge on any atom is -0.395 e. The molecule has 0 rings (SSSR count). The average Bonchev–Trinajstić information content (AvgIpc) is 1.90. The SMILES string of the molecule is CCC(CO)NCC(C)N. The zero-order valence-electron chi connectivity index (χ0n) is 6.80. The molecule has 3 heteroatoms. The van der Waals surface area contributed by atoms with Crippen molar-refractivity contribution < 1.29 is 5.11 Å². The van der Waals surface area contributed by atoms with Gasteiger partial charge in [0.05, 0.1) is 6.61 Å². The highest BCUT2D eigenvalue weighted by Crippen LogP contribution is 1.87. The minimum absolute atomic E-state index is 0.167. The number of nitrogens with two attached hydrogens (primary N) is 1. The molecule has 2 unspecified atom stereocenters. The molecule has 0 heterocycles. The highest BCUT2D eigenvalue weighted by atomic mass is 16.3. The third-order valence-corrected chi connectivity index (χ3v) is 1.44. The van der Waals surface area contributed by atoms with Crippen molar-refractivity contribution in [3.8, 4) is 0 Å². The van der Waals surface area contributed by atoms with Gasteiger partial charge in [0.25, 0.3) is 0 Å². The summed E-state index contributed by atoms with van der Waals surface area (Å²) in [7, 11) is 0. The summed E-state index contributed by atoms with van der Waals surface area (Å²) in [6, 6.07) is 0.381. The highest BCUT2D eigenvalue weighted by Gasteiger charge is 2.02. The van der Waals surface area contributed by atoms with E-state index in [0.29, 0.717) is 0 Å². The van der Waals surface area contributed by atoms with E-state index >= 15 is 0 Å². The van der Waals surface area contributed by atoms with Gasteiger partial charge in [0.15, 0.2) is 0 Å². The van der Waals surface area contributed by atoms with Crippen LogP contribution in [-0.2, 0) is 0 Å². The monoisotopic (exact) mass is 146 g/mol. The molecule has 0 aliphatic heterocycles. The van der Waals surface area contributed by atoms with Gasteiger partial charge < -0.3 is 16.2 Å². The fourth-order valence-electron chi connectivity index (χ4n) is 0.691. The molecule has 0 bridgehead atoms. The van der Waals surface area contributed by atoms with Gasteiger partial charge in [0.2, 0.25) is 0 Å². The summed E-state index contributed by atoms with van der Waals surface area (Å²) in [5.74, 6) is 0. The molecule has 0 aromatic heterocycles. The number of nitrogens with one attached hydrogen (secondary N) is 1. The second-order valence-corrected chi connectivity index (χ2v) is 2.67. The molecule has 4 N–H and O–H groups in total. The van der Waals surface area contributed by atoms with Crippen molar-refractivity contribution in [2.45, 2.75) is 32.4 Å². The van der Waals surface area contributed by atoms with Crippen LogP contribution in [0.5, 0.6) is 0 Å². The molecule has 62 valence electrons. The van der Waals surface area contributed by atoms with Crippen molar-refractivity contribution in [1.82, 2.24) is 5.32 Å². The maximum atomic E-state index is 8.74. The Labute approximate surface area is 62.6 Å². The third kappa shape index (κ3) is 4.73. The number of aliphatic hydroxyl groups is 1. The van der Waals surface area contributed by atoms with Crippen LogP contribution in [0, 0.1) is 0 Å². The molecule has 0 spiro atoms. The van der Waals surface area contributed by atoms with Crippen LogP contribution in [0.3, 0.4) is 0 Å². The van der Waals surface area contributed by atoms with Gasteiger partial charge in [0.1, 0.15) is 0 Å². The van der Waals surface area contributed by atoms with E-state index in [-0.39, 0.29) is 18.7 Å². The van der Waals surface area contributed by atoms with E-state index in [9.17, 15) is 0 Å².